The molecule has 1 rings (SSSR count). The molecule has 4 nitrogen and oxygen atoms in total. The van der Waals surface area contributed by atoms with Gasteiger partial charge in [-0.25, -0.2) is 8.42 Å². The molecule has 0 aliphatic rings. The fraction of sp³-hybridized carbons (Fsp3) is 0.714. The lowest BCUT2D eigenvalue weighted by Gasteiger charge is -2.24. The molecule has 0 aliphatic carbocycles. The number of nitrogens with zero attached hydrogens (tertiary/aromatic N) is 1. The predicted octanol–water partition coefficient (Wildman–Crippen LogP) is 2.96. The van der Waals surface area contributed by atoms with Crippen molar-refractivity contribution in [2.24, 2.45) is 11.7 Å². The third-order valence-corrected chi connectivity index (χ3v) is 6.98. The molecule has 0 radical (unpaired) electrons. The lowest BCUT2D eigenvalue weighted by atomic mass is 10.0. The monoisotopic (exact) mass is 318 g/mol. The van der Waals surface area contributed by atoms with Gasteiger partial charge in [-0.3, -0.25) is 0 Å². The van der Waals surface area contributed by atoms with E-state index in [1.54, 1.807) is 10.4 Å². The SMILES string of the molecule is CCC(CC)CN(CC)S(=O)(=O)c1cc(CN)sc1C. The van der Waals surface area contributed by atoms with E-state index in [0.29, 0.717) is 30.4 Å². The largest absolute Gasteiger partial charge is 0.326 e. The van der Waals surface area contributed by atoms with E-state index in [4.69, 9.17) is 5.73 Å². The molecule has 0 atom stereocenters. The van der Waals surface area contributed by atoms with Crippen LogP contribution in [0.4, 0.5) is 0 Å². The summed E-state index contributed by atoms with van der Waals surface area (Å²) in [4.78, 5) is 2.17. The summed E-state index contributed by atoms with van der Waals surface area (Å²) in [7, 11) is -3.40. The van der Waals surface area contributed by atoms with Crippen LogP contribution in [0.15, 0.2) is 11.0 Å². The van der Waals surface area contributed by atoms with Gasteiger partial charge in [-0.15, -0.1) is 11.3 Å². The molecule has 0 fully saturated rings. The summed E-state index contributed by atoms with van der Waals surface area (Å²) in [5, 5.41) is 0. The fourth-order valence-electron chi connectivity index (χ4n) is 2.25. The van der Waals surface area contributed by atoms with Gasteiger partial charge in [0, 0.05) is 29.4 Å². The fourth-order valence-corrected chi connectivity index (χ4v) is 5.26. The van der Waals surface area contributed by atoms with Crippen molar-refractivity contribution in [1.29, 1.82) is 0 Å². The van der Waals surface area contributed by atoms with Gasteiger partial charge in [-0.2, -0.15) is 4.31 Å². The standard InChI is InChI=1S/C14H26N2O2S2/c1-5-12(6-2)10-16(7-3)20(17,18)14-8-13(9-15)19-11(14)4/h8,12H,5-7,9-10,15H2,1-4H3. The van der Waals surface area contributed by atoms with Crippen molar-refractivity contribution in [3.8, 4) is 0 Å². The predicted molar refractivity (Wildman–Crippen MR) is 85.5 cm³/mol. The second-order valence-electron chi connectivity index (χ2n) is 4.98. The van der Waals surface area contributed by atoms with Crippen molar-refractivity contribution >= 4 is 21.4 Å². The number of hydrogen-bond acceptors (Lipinski definition) is 4. The van der Waals surface area contributed by atoms with Crippen molar-refractivity contribution < 1.29 is 8.42 Å². The van der Waals surface area contributed by atoms with Crippen LogP contribution in [0.3, 0.4) is 0 Å². The van der Waals surface area contributed by atoms with Crippen LogP contribution in [0.1, 0.15) is 43.4 Å². The minimum Gasteiger partial charge on any atom is -0.326 e. The molecule has 6 heteroatoms. The average Bonchev–Trinajstić information content (AvgIpc) is 2.82. The van der Waals surface area contributed by atoms with Gasteiger partial charge in [0.05, 0.1) is 4.90 Å². The Bertz CT molecular complexity index is 519. The number of rotatable bonds is 8. The minimum absolute atomic E-state index is 0.389. The number of sulfonamides is 1. The molecule has 0 amide bonds. The first-order valence-corrected chi connectivity index (χ1v) is 9.45. The highest BCUT2D eigenvalue weighted by molar-refractivity contribution is 7.89. The molecule has 0 aliphatic heterocycles. The molecule has 1 aromatic heterocycles. The van der Waals surface area contributed by atoms with Crippen LogP contribution in [0.25, 0.3) is 0 Å². The van der Waals surface area contributed by atoms with Gasteiger partial charge in [-0.1, -0.05) is 33.6 Å². The summed E-state index contributed by atoms with van der Waals surface area (Å²) >= 11 is 1.47. The topological polar surface area (TPSA) is 63.4 Å². The van der Waals surface area contributed by atoms with E-state index in [0.717, 1.165) is 22.6 Å². The van der Waals surface area contributed by atoms with E-state index in [1.807, 2.05) is 13.8 Å². The Morgan fingerprint density at radius 1 is 1.30 bits per heavy atom. The van der Waals surface area contributed by atoms with Gasteiger partial charge in [0.15, 0.2) is 0 Å². The molecule has 0 saturated heterocycles. The van der Waals surface area contributed by atoms with Gasteiger partial charge in [0.25, 0.3) is 0 Å². The third kappa shape index (κ3) is 3.81. The van der Waals surface area contributed by atoms with Crippen LogP contribution < -0.4 is 5.73 Å². The first-order valence-electron chi connectivity index (χ1n) is 7.20. The number of thiophene rings is 1. The summed E-state index contributed by atoms with van der Waals surface area (Å²) in [5.74, 6) is 0.414. The van der Waals surface area contributed by atoms with Crippen LogP contribution in [0.2, 0.25) is 0 Å². The average molecular weight is 319 g/mol. The van der Waals surface area contributed by atoms with E-state index < -0.39 is 10.0 Å². The van der Waals surface area contributed by atoms with Gasteiger partial charge < -0.3 is 5.73 Å². The van der Waals surface area contributed by atoms with Crippen molar-refractivity contribution in [3.63, 3.8) is 0 Å². The molecule has 116 valence electrons. The Kier molecular flexibility index (Phi) is 6.64. The molecule has 20 heavy (non-hydrogen) atoms. The summed E-state index contributed by atoms with van der Waals surface area (Å²) < 4.78 is 27.1. The summed E-state index contributed by atoms with van der Waals surface area (Å²) in [6.07, 6.45) is 2.00. The smallest absolute Gasteiger partial charge is 0.244 e. The minimum atomic E-state index is -3.40. The Morgan fingerprint density at radius 3 is 2.30 bits per heavy atom. The second-order valence-corrected chi connectivity index (χ2v) is 8.22. The van der Waals surface area contributed by atoms with Gasteiger partial charge >= 0.3 is 0 Å². The highest BCUT2D eigenvalue weighted by atomic mass is 32.2. The highest BCUT2D eigenvalue weighted by Gasteiger charge is 2.27. The number of aryl methyl sites for hydroxylation is 1. The molecular weight excluding hydrogens is 292 g/mol. The molecule has 0 aromatic carbocycles. The molecule has 0 saturated carbocycles. The zero-order valence-electron chi connectivity index (χ0n) is 12.8. The van der Waals surface area contributed by atoms with Crippen LogP contribution in [0.5, 0.6) is 0 Å². The summed E-state index contributed by atoms with van der Waals surface area (Å²) in [6.45, 7) is 9.45. The number of nitrogens with two attached hydrogens (primary N) is 1. The first-order chi connectivity index (χ1) is 9.40. The Hall–Kier alpha value is -0.430. The Morgan fingerprint density at radius 2 is 1.90 bits per heavy atom. The second kappa shape index (κ2) is 7.54. The third-order valence-electron chi connectivity index (χ3n) is 3.71. The molecule has 1 heterocycles. The van der Waals surface area contributed by atoms with Gasteiger partial charge in [0.1, 0.15) is 0 Å². The maximum absolute atomic E-state index is 12.8. The Labute approximate surface area is 127 Å². The van der Waals surface area contributed by atoms with E-state index in [-0.39, 0.29) is 0 Å². The van der Waals surface area contributed by atoms with E-state index in [9.17, 15) is 8.42 Å². The van der Waals surface area contributed by atoms with Crippen molar-refractivity contribution in [3.05, 3.63) is 15.8 Å². The lowest BCUT2D eigenvalue weighted by molar-refractivity contribution is 0.339. The molecular formula is C14H26N2O2S2. The quantitative estimate of drug-likeness (QED) is 0.801. The first kappa shape index (κ1) is 17.6. The maximum Gasteiger partial charge on any atom is 0.244 e. The zero-order valence-corrected chi connectivity index (χ0v) is 14.5. The maximum atomic E-state index is 12.8. The van der Waals surface area contributed by atoms with E-state index >= 15 is 0 Å². The van der Waals surface area contributed by atoms with Crippen LogP contribution in [-0.4, -0.2) is 25.8 Å². The highest BCUT2D eigenvalue weighted by Crippen LogP contribution is 2.28. The Balaban J connectivity index is 3.08. The number of hydrogen-bond donors (Lipinski definition) is 1. The van der Waals surface area contributed by atoms with Crippen LogP contribution >= 0.6 is 11.3 Å². The van der Waals surface area contributed by atoms with Gasteiger partial charge in [-0.05, 0) is 18.9 Å². The van der Waals surface area contributed by atoms with E-state index in [2.05, 4.69) is 13.8 Å². The lowest BCUT2D eigenvalue weighted by Crippen LogP contribution is -2.35. The molecule has 2 N–H and O–H groups in total. The molecule has 0 bridgehead atoms. The van der Waals surface area contributed by atoms with Crippen LogP contribution in [-0.2, 0) is 16.6 Å². The summed E-state index contributed by atoms with van der Waals surface area (Å²) in [5.41, 5.74) is 5.61. The normalized spacial score (nSPS) is 12.6. The van der Waals surface area contributed by atoms with Crippen molar-refractivity contribution in [1.82, 2.24) is 4.31 Å². The van der Waals surface area contributed by atoms with Crippen molar-refractivity contribution in [2.45, 2.75) is 52.0 Å². The van der Waals surface area contributed by atoms with Crippen LogP contribution in [0, 0.1) is 12.8 Å². The molecule has 0 spiro atoms. The molecule has 1 aromatic rings. The van der Waals surface area contributed by atoms with Crippen molar-refractivity contribution in [2.75, 3.05) is 13.1 Å². The molecule has 0 unspecified atom stereocenters. The summed E-state index contributed by atoms with van der Waals surface area (Å²) in [6, 6.07) is 1.73. The zero-order chi connectivity index (χ0) is 15.3. The van der Waals surface area contributed by atoms with Gasteiger partial charge in [0.2, 0.25) is 10.0 Å². The van der Waals surface area contributed by atoms with E-state index in [1.165, 1.54) is 11.3 Å².